The summed E-state index contributed by atoms with van der Waals surface area (Å²) in [5, 5.41) is 10.2. The number of hydrogen-bond donors (Lipinski definition) is 2. The van der Waals surface area contributed by atoms with Crippen LogP contribution in [-0.2, 0) is 9.59 Å². The zero-order chi connectivity index (χ0) is 15.6. The molecule has 4 nitrogen and oxygen atoms in total. The van der Waals surface area contributed by atoms with E-state index in [1.54, 1.807) is 0 Å². The molecule has 0 saturated heterocycles. The number of aliphatic carboxylic acids is 1. The van der Waals surface area contributed by atoms with Crippen molar-refractivity contribution >= 4 is 11.9 Å². The maximum Gasteiger partial charge on any atom is 0.463 e. The SMILES string of the molecule is O=C(O)C(NC(=O)C(F)(F)C(F)(F)F)C1CCCCC1. The fourth-order valence-corrected chi connectivity index (χ4v) is 2.21. The Balaban J connectivity index is 2.80. The van der Waals surface area contributed by atoms with Gasteiger partial charge < -0.3 is 10.4 Å². The van der Waals surface area contributed by atoms with Gasteiger partial charge in [0.2, 0.25) is 0 Å². The van der Waals surface area contributed by atoms with E-state index in [0.29, 0.717) is 25.7 Å². The third-order valence-electron chi connectivity index (χ3n) is 3.32. The molecule has 0 spiro atoms. The molecule has 1 rings (SSSR count). The van der Waals surface area contributed by atoms with Gasteiger partial charge in [-0.05, 0) is 18.8 Å². The molecule has 0 aromatic rings. The Hall–Kier alpha value is -1.41. The predicted molar refractivity (Wildman–Crippen MR) is 57.1 cm³/mol. The maximum atomic E-state index is 12.8. The molecule has 0 aromatic heterocycles. The number of carboxylic acid groups (broad SMARTS) is 1. The van der Waals surface area contributed by atoms with Crippen LogP contribution in [0.4, 0.5) is 22.0 Å². The summed E-state index contributed by atoms with van der Waals surface area (Å²) < 4.78 is 61.6. The summed E-state index contributed by atoms with van der Waals surface area (Å²) in [4.78, 5) is 22.0. The number of nitrogens with one attached hydrogen (secondary N) is 1. The smallest absolute Gasteiger partial charge is 0.463 e. The lowest BCUT2D eigenvalue weighted by Gasteiger charge is -2.29. The van der Waals surface area contributed by atoms with Crippen LogP contribution in [0.1, 0.15) is 32.1 Å². The summed E-state index contributed by atoms with van der Waals surface area (Å²) in [6.07, 6.45) is -3.16. The third-order valence-corrected chi connectivity index (χ3v) is 3.32. The molecule has 1 atom stereocenters. The number of carbonyl (C=O) groups excluding carboxylic acids is 1. The quantitative estimate of drug-likeness (QED) is 0.783. The van der Waals surface area contributed by atoms with Gasteiger partial charge in [-0.3, -0.25) is 4.79 Å². The first-order valence-corrected chi connectivity index (χ1v) is 6.05. The van der Waals surface area contributed by atoms with Gasteiger partial charge in [0.15, 0.2) is 0 Å². The van der Waals surface area contributed by atoms with Crippen molar-refractivity contribution in [1.82, 2.24) is 5.32 Å². The average Bonchev–Trinajstić information content (AvgIpc) is 2.34. The molecule has 0 radical (unpaired) electrons. The highest BCUT2D eigenvalue weighted by Gasteiger charge is 2.64. The van der Waals surface area contributed by atoms with Crippen LogP contribution in [0.25, 0.3) is 0 Å². The van der Waals surface area contributed by atoms with Crippen LogP contribution in [0, 0.1) is 5.92 Å². The van der Waals surface area contributed by atoms with Crippen LogP contribution in [0.2, 0.25) is 0 Å². The molecule has 2 N–H and O–H groups in total. The molecule has 0 heterocycles. The summed E-state index contributed by atoms with van der Waals surface area (Å²) >= 11 is 0. The van der Waals surface area contributed by atoms with Gasteiger partial charge in [-0.25, -0.2) is 4.79 Å². The van der Waals surface area contributed by atoms with Crippen molar-refractivity contribution in [3.8, 4) is 0 Å². The van der Waals surface area contributed by atoms with Crippen molar-refractivity contribution in [3.05, 3.63) is 0 Å². The van der Waals surface area contributed by atoms with E-state index in [4.69, 9.17) is 5.11 Å². The van der Waals surface area contributed by atoms with Crippen LogP contribution >= 0.6 is 0 Å². The highest BCUT2D eigenvalue weighted by molar-refractivity contribution is 5.88. The first-order valence-electron chi connectivity index (χ1n) is 6.05. The summed E-state index contributed by atoms with van der Waals surface area (Å²) in [5.74, 6) is -10.5. The van der Waals surface area contributed by atoms with E-state index >= 15 is 0 Å². The molecule has 0 aliphatic heterocycles. The van der Waals surface area contributed by atoms with Crippen LogP contribution in [0.3, 0.4) is 0 Å². The number of halogens is 5. The van der Waals surface area contributed by atoms with Gasteiger partial charge in [0.1, 0.15) is 6.04 Å². The van der Waals surface area contributed by atoms with E-state index in [9.17, 15) is 31.5 Å². The van der Waals surface area contributed by atoms with Crippen LogP contribution in [-0.4, -0.2) is 35.1 Å². The van der Waals surface area contributed by atoms with Crippen molar-refractivity contribution < 1.29 is 36.6 Å². The highest BCUT2D eigenvalue weighted by Crippen LogP contribution is 2.36. The molecule has 1 unspecified atom stereocenters. The molecule has 1 aliphatic carbocycles. The van der Waals surface area contributed by atoms with Gasteiger partial charge in [0.05, 0.1) is 0 Å². The summed E-state index contributed by atoms with van der Waals surface area (Å²) in [6.45, 7) is 0. The molecule has 1 amide bonds. The molecule has 0 bridgehead atoms. The molecule has 9 heteroatoms. The lowest BCUT2D eigenvalue weighted by Crippen LogP contribution is -2.56. The lowest BCUT2D eigenvalue weighted by atomic mass is 9.84. The van der Waals surface area contributed by atoms with Gasteiger partial charge in [-0.2, -0.15) is 22.0 Å². The Labute approximate surface area is 111 Å². The Kier molecular flexibility index (Phi) is 4.93. The normalized spacial score (nSPS) is 19.4. The first kappa shape index (κ1) is 16.6. The Morgan fingerprint density at radius 1 is 1.05 bits per heavy atom. The van der Waals surface area contributed by atoms with Crippen molar-refractivity contribution in [3.63, 3.8) is 0 Å². The Morgan fingerprint density at radius 3 is 1.95 bits per heavy atom. The average molecular weight is 303 g/mol. The minimum absolute atomic E-state index is 0.370. The van der Waals surface area contributed by atoms with Gasteiger partial charge in [0.25, 0.3) is 0 Å². The molecule has 0 aromatic carbocycles. The second kappa shape index (κ2) is 5.92. The minimum Gasteiger partial charge on any atom is -0.480 e. The lowest BCUT2D eigenvalue weighted by molar-refractivity contribution is -0.270. The highest BCUT2D eigenvalue weighted by atomic mass is 19.4. The largest absolute Gasteiger partial charge is 0.480 e. The number of carbonyl (C=O) groups is 2. The van der Waals surface area contributed by atoms with Gasteiger partial charge in [-0.15, -0.1) is 0 Å². The molecular weight excluding hydrogens is 289 g/mol. The number of amides is 1. The zero-order valence-corrected chi connectivity index (χ0v) is 10.3. The molecule has 1 saturated carbocycles. The van der Waals surface area contributed by atoms with Gasteiger partial charge >= 0.3 is 24.0 Å². The fraction of sp³-hybridized carbons (Fsp3) is 0.818. The molecule has 1 fully saturated rings. The molecule has 116 valence electrons. The standard InChI is InChI=1S/C11H14F5NO3/c12-10(13,11(14,15)16)9(20)17-7(8(18)19)6-4-2-1-3-5-6/h6-7H,1-5H2,(H,17,20)(H,18,19). The van der Waals surface area contributed by atoms with Crippen LogP contribution in [0.5, 0.6) is 0 Å². The topological polar surface area (TPSA) is 66.4 Å². The first-order chi connectivity index (χ1) is 9.07. The van der Waals surface area contributed by atoms with E-state index in [1.807, 2.05) is 0 Å². The fourth-order valence-electron chi connectivity index (χ4n) is 2.21. The number of alkyl halides is 5. The van der Waals surface area contributed by atoms with E-state index in [-0.39, 0.29) is 0 Å². The summed E-state index contributed by atoms with van der Waals surface area (Å²) in [6, 6.07) is -1.73. The maximum absolute atomic E-state index is 12.8. The number of rotatable bonds is 4. The zero-order valence-electron chi connectivity index (χ0n) is 10.3. The van der Waals surface area contributed by atoms with Crippen molar-refractivity contribution in [2.75, 3.05) is 0 Å². The Bertz CT molecular complexity index is 377. The summed E-state index contributed by atoms with van der Waals surface area (Å²) in [7, 11) is 0. The van der Waals surface area contributed by atoms with Crippen LogP contribution in [0.15, 0.2) is 0 Å². The van der Waals surface area contributed by atoms with E-state index in [0.717, 1.165) is 6.42 Å². The van der Waals surface area contributed by atoms with E-state index in [1.165, 1.54) is 5.32 Å². The van der Waals surface area contributed by atoms with Crippen LogP contribution < -0.4 is 5.32 Å². The third kappa shape index (κ3) is 3.57. The van der Waals surface area contributed by atoms with Gasteiger partial charge in [0, 0.05) is 0 Å². The molecule has 20 heavy (non-hydrogen) atoms. The van der Waals surface area contributed by atoms with Gasteiger partial charge in [-0.1, -0.05) is 19.3 Å². The van der Waals surface area contributed by atoms with E-state index < -0.39 is 35.9 Å². The second-order valence-electron chi connectivity index (χ2n) is 4.76. The number of carboxylic acids is 1. The second-order valence-corrected chi connectivity index (χ2v) is 4.76. The summed E-state index contributed by atoms with van der Waals surface area (Å²) in [5.41, 5.74) is 0. The van der Waals surface area contributed by atoms with Crippen molar-refractivity contribution in [2.24, 2.45) is 5.92 Å². The van der Waals surface area contributed by atoms with E-state index in [2.05, 4.69) is 0 Å². The molecule has 1 aliphatic rings. The monoisotopic (exact) mass is 303 g/mol. The predicted octanol–water partition coefficient (Wildman–Crippen LogP) is 2.33. The molecular formula is C11H14F5NO3. The minimum atomic E-state index is -6.05. The number of hydrogen-bond acceptors (Lipinski definition) is 2. The Morgan fingerprint density at radius 2 is 1.55 bits per heavy atom. The van der Waals surface area contributed by atoms with Crippen molar-refractivity contribution in [2.45, 2.75) is 50.2 Å². The van der Waals surface area contributed by atoms with Crippen molar-refractivity contribution in [1.29, 1.82) is 0 Å².